The molecule has 3 aromatic rings. The zero-order chi connectivity index (χ0) is 14.7. The molecule has 2 aromatic carbocycles. The van der Waals surface area contributed by atoms with Crippen molar-refractivity contribution < 1.29 is 9.15 Å². The maximum atomic E-state index is 5.85. The first-order valence-electron chi connectivity index (χ1n) is 6.39. The molecule has 4 nitrogen and oxygen atoms in total. The van der Waals surface area contributed by atoms with Gasteiger partial charge in [-0.1, -0.05) is 17.7 Å². The SMILES string of the molecule is Nc1cccc(OCc2coc(-c3ccc(Cl)cc3)n2)c1. The zero-order valence-electron chi connectivity index (χ0n) is 11.1. The number of ether oxygens (including phenoxy) is 1. The standard InChI is InChI=1S/C16H13ClN2O2/c17-12-6-4-11(5-7-12)16-19-14(10-21-16)9-20-15-3-1-2-13(18)8-15/h1-8,10H,9,18H2. The number of nitrogens with two attached hydrogens (primary N) is 1. The van der Waals surface area contributed by atoms with E-state index in [9.17, 15) is 0 Å². The van der Waals surface area contributed by atoms with Crippen LogP contribution in [0.4, 0.5) is 5.69 Å². The summed E-state index contributed by atoms with van der Waals surface area (Å²) < 4.78 is 11.1. The normalized spacial score (nSPS) is 10.5. The molecule has 3 rings (SSSR count). The van der Waals surface area contributed by atoms with Crippen LogP contribution in [0.5, 0.6) is 5.75 Å². The fourth-order valence-corrected chi connectivity index (χ4v) is 1.99. The summed E-state index contributed by atoms with van der Waals surface area (Å²) in [6.07, 6.45) is 1.58. The lowest BCUT2D eigenvalue weighted by Gasteiger charge is -2.03. The van der Waals surface area contributed by atoms with Crippen molar-refractivity contribution in [1.29, 1.82) is 0 Å². The van der Waals surface area contributed by atoms with Crippen molar-refractivity contribution in [2.75, 3.05) is 5.73 Å². The van der Waals surface area contributed by atoms with Gasteiger partial charge >= 0.3 is 0 Å². The van der Waals surface area contributed by atoms with E-state index in [1.54, 1.807) is 24.5 Å². The number of rotatable bonds is 4. The second kappa shape index (κ2) is 5.89. The lowest BCUT2D eigenvalue weighted by atomic mass is 10.2. The van der Waals surface area contributed by atoms with Crippen LogP contribution in [0.15, 0.2) is 59.2 Å². The molecule has 0 aliphatic rings. The number of anilines is 1. The molecule has 1 aromatic heterocycles. The summed E-state index contributed by atoms with van der Waals surface area (Å²) in [7, 11) is 0. The molecular formula is C16H13ClN2O2. The van der Waals surface area contributed by atoms with Crippen molar-refractivity contribution in [3.05, 3.63) is 65.5 Å². The Kier molecular flexibility index (Phi) is 3.79. The Morgan fingerprint density at radius 2 is 1.95 bits per heavy atom. The molecule has 0 radical (unpaired) electrons. The molecule has 1 heterocycles. The first-order chi connectivity index (χ1) is 10.2. The number of hydrogen-bond acceptors (Lipinski definition) is 4. The van der Waals surface area contributed by atoms with Gasteiger partial charge in [-0.25, -0.2) is 4.98 Å². The highest BCUT2D eigenvalue weighted by molar-refractivity contribution is 6.30. The van der Waals surface area contributed by atoms with Crippen molar-refractivity contribution in [3.63, 3.8) is 0 Å². The second-order valence-electron chi connectivity index (χ2n) is 4.51. The Morgan fingerprint density at radius 1 is 1.14 bits per heavy atom. The summed E-state index contributed by atoms with van der Waals surface area (Å²) in [5.74, 6) is 1.24. The molecule has 0 amide bonds. The van der Waals surface area contributed by atoms with Gasteiger partial charge in [-0.3, -0.25) is 0 Å². The van der Waals surface area contributed by atoms with Crippen LogP contribution in [0, 0.1) is 0 Å². The summed E-state index contributed by atoms with van der Waals surface area (Å²) >= 11 is 5.85. The third-order valence-corrected chi connectivity index (χ3v) is 3.14. The highest BCUT2D eigenvalue weighted by Gasteiger charge is 2.07. The van der Waals surface area contributed by atoms with Crippen molar-refractivity contribution in [2.45, 2.75) is 6.61 Å². The van der Waals surface area contributed by atoms with Crippen LogP contribution in [0.2, 0.25) is 5.02 Å². The summed E-state index contributed by atoms with van der Waals surface area (Å²) in [4.78, 5) is 4.38. The molecule has 0 atom stereocenters. The number of hydrogen-bond donors (Lipinski definition) is 1. The Morgan fingerprint density at radius 3 is 2.71 bits per heavy atom. The number of nitrogens with zero attached hydrogens (tertiary/aromatic N) is 1. The van der Waals surface area contributed by atoms with E-state index in [4.69, 9.17) is 26.5 Å². The lowest BCUT2D eigenvalue weighted by molar-refractivity contribution is 0.301. The predicted octanol–water partition coefficient (Wildman–Crippen LogP) is 4.16. The van der Waals surface area contributed by atoms with Crippen LogP contribution in [0.3, 0.4) is 0 Å². The minimum absolute atomic E-state index is 0.320. The van der Waals surface area contributed by atoms with Gasteiger partial charge in [-0.2, -0.15) is 0 Å². The molecule has 21 heavy (non-hydrogen) atoms. The summed E-state index contributed by atoms with van der Waals surface area (Å²) in [5.41, 5.74) is 7.94. The van der Waals surface area contributed by atoms with Gasteiger partial charge in [-0.05, 0) is 36.4 Å². The van der Waals surface area contributed by atoms with Gasteiger partial charge in [0.25, 0.3) is 0 Å². The Labute approximate surface area is 127 Å². The second-order valence-corrected chi connectivity index (χ2v) is 4.95. The highest BCUT2D eigenvalue weighted by atomic mass is 35.5. The van der Waals surface area contributed by atoms with E-state index in [2.05, 4.69) is 4.98 Å². The highest BCUT2D eigenvalue weighted by Crippen LogP contribution is 2.22. The van der Waals surface area contributed by atoms with E-state index < -0.39 is 0 Å². The Bertz CT molecular complexity index is 738. The monoisotopic (exact) mass is 300 g/mol. The van der Waals surface area contributed by atoms with Gasteiger partial charge < -0.3 is 14.9 Å². The largest absolute Gasteiger partial charge is 0.487 e. The number of aromatic nitrogens is 1. The van der Waals surface area contributed by atoms with Crippen LogP contribution < -0.4 is 10.5 Å². The molecule has 0 saturated heterocycles. The van der Waals surface area contributed by atoms with Crippen LogP contribution in [0.1, 0.15) is 5.69 Å². The maximum Gasteiger partial charge on any atom is 0.226 e. The minimum Gasteiger partial charge on any atom is -0.487 e. The number of halogens is 1. The van der Waals surface area contributed by atoms with Crippen molar-refractivity contribution in [1.82, 2.24) is 4.98 Å². The van der Waals surface area contributed by atoms with Gasteiger partial charge in [0, 0.05) is 22.3 Å². The average molecular weight is 301 g/mol. The van der Waals surface area contributed by atoms with Crippen LogP contribution >= 0.6 is 11.6 Å². The molecule has 106 valence electrons. The van der Waals surface area contributed by atoms with E-state index in [1.807, 2.05) is 30.3 Å². The maximum absolute atomic E-state index is 5.85. The van der Waals surface area contributed by atoms with E-state index in [1.165, 1.54) is 0 Å². The van der Waals surface area contributed by atoms with Gasteiger partial charge in [0.15, 0.2) is 0 Å². The minimum atomic E-state index is 0.320. The first-order valence-corrected chi connectivity index (χ1v) is 6.77. The Balaban J connectivity index is 1.69. The third-order valence-electron chi connectivity index (χ3n) is 2.89. The number of benzene rings is 2. The molecule has 0 bridgehead atoms. The predicted molar refractivity (Wildman–Crippen MR) is 82.1 cm³/mol. The van der Waals surface area contributed by atoms with Gasteiger partial charge in [-0.15, -0.1) is 0 Å². The molecule has 0 aliphatic carbocycles. The van der Waals surface area contributed by atoms with E-state index in [0.29, 0.717) is 34.7 Å². The third kappa shape index (κ3) is 3.35. The fraction of sp³-hybridized carbons (Fsp3) is 0.0625. The number of oxazole rings is 1. The topological polar surface area (TPSA) is 61.3 Å². The van der Waals surface area contributed by atoms with E-state index in [-0.39, 0.29) is 0 Å². The molecular weight excluding hydrogens is 288 g/mol. The van der Waals surface area contributed by atoms with Crippen LogP contribution in [0.25, 0.3) is 11.5 Å². The van der Waals surface area contributed by atoms with Crippen LogP contribution in [-0.4, -0.2) is 4.98 Å². The molecule has 0 aliphatic heterocycles. The molecule has 0 spiro atoms. The quantitative estimate of drug-likeness (QED) is 0.735. The summed E-state index contributed by atoms with van der Waals surface area (Å²) in [6.45, 7) is 0.320. The zero-order valence-corrected chi connectivity index (χ0v) is 11.9. The van der Waals surface area contributed by atoms with Crippen molar-refractivity contribution in [3.8, 4) is 17.2 Å². The average Bonchev–Trinajstić information content (AvgIpc) is 2.95. The van der Waals surface area contributed by atoms with Gasteiger partial charge in [0.2, 0.25) is 5.89 Å². The fourth-order valence-electron chi connectivity index (χ4n) is 1.86. The van der Waals surface area contributed by atoms with E-state index >= 15 is 0 Å². The summed E-state index contributed by atoms with van der Waals surface area (Å²) in [6, 6.07) is 14.6. The van der Waals surface area contributed by atoms with Gasteiger partial charge in [0.1, 0.15) is 24.3 Å². The smallest absolute Gasteiger partial charge is 0.226 e. The van der Waals surface area contributed by atoms with Gasteiger partial charge in [0.05, 0.1) is 0 Å². The first kappa shape index (κ1) is 13.5. The Hall–Kier alpha value is -2.46. The van der Waals surface area contributed by atoms with E-state index in [0.717, 1.165) is 5.56 Å². The molecule has 0 fully saturated rings. The number of nitrogen functional groups attached to an aromatic ring is 1. The molecule has 0 unspecified atom stereocenters. The molecule has 0 saturated carbocycles. The van der Waals surface area contributed by atoms with Crippen LogP contribution in [-0.2, 0) is 6.61 Å². The molecule has 5 heteroatoms. The van der Waals surface area contributed by atoms with Crippen molar-refractivity contribution >= 4 is 17.3 Å². The molecule has 2 N–H and O–H groups in total. The van der Waals surface area contributed by atoms with Crippen molar-refractivity contribution in [2.24, 2.45) is 0 Å². The lowest BCUT2D eigenvalue weighted by Crippen LogP contribution is -1.96. The summed E-state index contributed by atoms with van der Waals surface area (Å²) in [5, 5.41) is 0.676.